The molecule has 0 unspecified atom stereocenters. The zero-order valence-electron chi connectivity index (χ0n) is 10.0. The average Bonchev–Trinajstić information content (AvgIpc) is 2.93. The third-order valence-electron chi connectivity index (χ3n) is 2.65. The number of nitrogens with zero attached hydrogens (tertiary/aromatic N) is 4. The number of hydrogen-bond donors (Lipinski definition) is 1. The molecule has 0 aromatic carbocycles. The predicted octanol–water partition coefficient (Wildman–Crippen LogP) is 1.46. The molecule has 17 heavy (non-hydrogen) atoms. The van der Waals surface area contributed by atoms with E-state index < -0.39 is 0 Å². The third-order valence-corrected chi connectivity index (χ3v) is 2.65. The van der Waals surface area contributed by atoms with E-state index in [1.54, 1.807) is 6.20 Å². The van der Waals surface area contributed by atoms with Crippen molar-refractivity contribution in [3.63, 3.8) is 0 Å². The summed E-state index contributed by atoms with van der Waals surface area (Å²) in [7, 11) is 1.96. The van der Waals surface area contributed by atoms with Crippen molar-refractivity contribution in [2.45, 2.75) is 13.0 Å². The minimum Gasteiger partial charge on any atom is -0.352 e. The van der Waals surface area contributed by atoms with Crippen LogP contribution in [0.25, 0.3) is 0 Å². The lowest BCUT2D eigenvalue weighted by molar-refractivity contribution is 0.640. The summed E-state index contributed by atoms with van der Waals surface area (Å²) in [6.07, 6.45) is 8.35. The van der Waals surface area contributed by atoms with Gasteiger partial charge in [-0.25, -0.2) is 4.98 Å². The van der Waals surface area contributed by atoms with Gasteiger partial charge in [0.2, 0.25) is 5.95 Å². The Morgan fingerprint density at radius 2 is 2.35 bits per heavy atom. The smallest absolute Gasteiger partial charge is 0.203 e. The second-order valence-corrected chi connectivity index (χ2v) is 3.81. The van der Waals surface area contributed by atoms with Crippen molar-refractivity contribution in [2.24, 2.45) is 7.05 Å². The van der Waals surface area contributed by atoms with Gasteiger partial charge in [-0.3, -0.25) is 4.68 Å². The van der Waals surface area contributed by atoms with Gasteiger partial charge in [-0.05, 0) is 6.07 Å². The monoisotopic (exact) mass is 231 g/mol. The molecule has 0 atom stereocenters. The Morgan fingerprint density at radius 1 is 1.47 bits per heavy atom. The summed E-state index contributed by atoms with van der Waals surface area (Å²) in [4.78, 5) is 4.26. The molecule has 1 N–H and O–H groups in total. The third kappa shape index (κ3) is 2.75. The van der Waals surface area contributed by atoms with Crippen molar-refractivity contribution in [1.82, 2.24) is 19.3 Å². The van der Waals surface area contributed by atoms with Crippen LogP contribution in [-0.2, 0) is 20.0 Å². The molecule has 5 nitrogen and oxygen atoms in total. The Bertz CT molecular complexity index is 483. The van der Waals surface area contributed by atoms with Crippen LogP contribution in [-0.4, -0.2) is 25.9 Å². The fraction of sp³-hybridized carbons (Fsp3) is 0.333. The minimum atomic E-state index is 0.725. The molecule has 2 rings (SSSR count). The molecular weight excluding hydrogens is 214 g/mol. The Morgan fingerprint density at radius 3 is 3.06 bits per heavy atom. The van der Waals surface area contributed by atoms with Gasteiger partial charge in [-0.1, -0.05) is 6.08 Å². The van der Waals surface area contributed by atoms with Crippen LogP contribution >= 0.6 is 0 Å². The molecule has 0 bridgehead atoms. The van der Waals surface area contributed by atoms with E-state index in [2.05, 4.69) is 26.5 Å². The van der Waals surface area contributed by atoms with Gasteiger partial charge < -0.3 is 9.88 Å². The zero-order chi connectivity index (χ0) is 12.1. The molecule has 0 saturated carbocycles. The van der Waals surface area contributed by atoms with Crippen LogP contribution in [0.15, 0.2) is 37.3 Å². The molecule has 0 amide bonds. The van der Waals surface area contributed by atoms with Crippen molar-refractivity contribution < 1.29 is 0 Å². The highest BCUT2D eigenvalue weighted by Gasteiger charge is 2.03. The molecule has 0 aliphatic heterocycles. The maximum absolute atomic E-state index is 4.26. The largest absolute Gasteiger partial charge is 0.352 e. The van der Waals surface area contributed by atoms with E-state index in [9.17, 15) is 0 Å². The van der Waals surface area contributed by atoms with Crippen molar-refractivity contribution >= 4 is 5.95 Å². The van der Waals surface area contributed by atoms with Gasteiger partial charge in [0.25, 0.3) is 0 Å². The van der Waals surface area contributed by atoms with Crippen molar-refractivity contribution in [3.05, 3.63) is 43.0 Å². The molecule has 0 aliphatic rings. The summed E-state index contributed by atoms with van der Waals surface area (Å²) in [5.74, 6) is 0.882. The van der Waals surface area contributed by atoms with E-state index in [0.29, 0.717) is 0 Å². The van der Waals surface area contributed by atoms with Gasteiger partial charge in [0.05, 0.1) is 0 Å². The SMILES string of the molecule is C=CCNc1nccn1CCc1ccnn1C. The molecule has 2 heterocycles. The first kappa shape index (κ1) is 11.4. The summed E-state index contributed by atoms with van der Waals surface area (Å²) in [6, 6.07) is 2.04. The molecular formula is C12H17N5. The first-order chi connectivity index (χ1) is 8.31. The second kappa shape index (κ2) is 5.34. The number of hydrogen-bond acceptors (Lipinski definition) is 3. The van der Waals surface area contributed by atoms with Crippen molar-refractivity contribution in [1.29, 1.82) is 0 Å². The molecule has 0 spiro atoms. The first-order valence-electron chi connectivity index (χ1n) is 5.64. The summed E-state index contributed by atoms with van der Waals surface area (Å²) < 4.78 is 3.99. The number of anilines is 1. The maximum Gasteiger partial charge on any atom is 0.203 e. The predicted molar refractivity (Wildman–Crippen MR) is 67.8 cm³/mol. The van der Waals surface area contributed by atoms with Crippen LogP contribution in [0.2, 0.25) is 0 Å². The summed E-state index contributed by atoms with van der Waals surface area (Å²) in [6.45, 7) is 5.29. The summed E-state index contributed by atoms with van der Waals surface area (Å²) in [5.41, 5.74) is 1.22. The van der Waals surface area contributed by atoms with Gasteiger partial charge >= 0.3 is 0 Å². The second-order valence-electron chi connectivity index (χ2n) is 3.81. The van der Waals surface area contributed by atoms with Crippen LogP contribution in [0, 0.1) is 0 Å². The lowest BCUT2D eigenvalue weighted by Gasteiger charge is -2.08. The molecule has 0 fully saturated rings. The van der Waals surface area contributed by atoms with E-state index in [1.165, 1.54) is 5.69 Å². The van der Waals surface area contributed by atoms with E-state index in [0.717, 1.165) is 25.5 Å². The van der Waals surface area contributed by atoms with Gasteiger partial charge in [-0.2, -0.15) is 5.10 Å². The summed E-state index contributed by atoms with van der Waals surface area (Å²) >= 11 is 0. The zero-order valence-corrected chi connectivity index (χ0v) is 10.0. The molecule has 5 heteroatoms. The number of aryl methyl sites for hydroxylation is 3. The highest BCUT2D eigenvalue weighted by atomic mass is 15.3. The Kier molecular flexibility index (Phi) is 3.59. The first-order valence-corrected chi connectivity index (χ1v) is 5.64. The van der Waals surface area contributed by atoms with Crippen LogP contribution in [0.5, 0.6) is 0 Å². The number of imidazole rings is 1. The van der Waals surface area contributed by atoms with Crippen LogP contribution in [0.1, 0.15) is 5.69 Å². The number of rotatable bonds is 6. The quantitative estimate of drug-likeness (QED) is 0.766. The molecule has 2 aromatic heterocycles. The average molecular weight is 231 g/mol. The fourth-order valence-corrected chi connectivity index (χ4v) is 1.70. The highest BCUT2D eigenvalue weighted by molar-refractivity contribution is 5.26. The molecule has 0 radical (unpaired) electrons. The normalized spacial score (nSPS) is 10.4. The van der Waals surface area contributed by atoms with Gasteiger partial charge in [0, 0.05) is 50.8 Å². The molecule has 0 aliphatic carbocycles. The Balaban J connectivity index is 1.97. The Hall–Kier alpha value is -2.04. The number of aromatic nitrogens is 4. The van der Waals surface area contributed by atoms with Gasteiger partial charge in [0.15, 0.2) is 0 Å². The van der Waals surface area contributed by atoms with E-state index >= 15 is 0 Å². The molecule has 2 aromatic rings. The lowest BCUT2D eigenvalue weighted by atomic mass is 10.3. The van der Waals surface area contributed by atoms with Crippen molar-refractivity contribution in [2.75, 3.05) is 11.9 Å². The number of nitrogens with one attached hydrogen (secondary N) is 1. The topological polar surface area (TPSA) is 47.7 Å². The Labute approximate surface area is 101 Å². The molecule has 90 valence electrons. The van der Waals surface area contributed by atoms with E-state index in [-0.39, 0.29) is 0 Å². The van der Waals surface area contributed by atoms with Gasteiger partial charge in [0.1, 0.15) is 0 Å². The summed E-state index contributed by atoms with van der Waals surface area (Å²) in [5, 5.41) is 7.35. The van der Waals surface area contributed by atoms with Crippen molar-refractivity contribution in [3.8, 4) is 0 Å². The lowest BCUT2D eigenvalue weighted by Crippen LogP contribution is -2.10. The standard InChI is InChI=1S/C12H17N5/c1-3-6-13-12-14-8-10-17(12)9-5-11-4-7-15-16(11)2/h3-4,7-8,10H,1,5-6,9H2,2H3,(H,13,14). The maximum atomic E-state index is 4.26. The van der Waals surface area contributed by atoms with Crippen LogP contribution in [0.3, 0.4) is 0 Å². The van der Waals surface area contributed by atoms with Crippen LogP contribution < -0.4 is 5.32 Å². The molecule has 0 saturated heterocycles. The highest BCUT2D eigenvalue weighted by Crippen LogP contribution is 2.07. The minimum absolute atomic E-state index is 0.725. The van der Waals surface area contributed by atoms with Gasteiger partial charge in [-0.15, -0.1) is 6.58 Å². The fourth-order valence-electron chi connectivity index (χ4n) is 1.70. The van der Waals surface area contributed by atoms with Crippen LogP contribution in [0.4, 0.5) is 5.95 Å². The van der Waals surface area contributed by atoms with E-state index in [1.807, 2.05) is 36.3 Å². The van der Waals surface area contributed by atoms with E-state index in [4.69, 9.17) is 0 Å².